The van der Waals surface area contributed by atoms with Crippen LogP contribution in [0.4, 0.5) is 0 Å². The number of methoxy groups -OCH3 is 1. The summed E-state index contributed by atoms with van der Waals surface area (Å²) < 4.78 is 5.30. The third-order valence-corrected chi connectivity index (χ3v) is 4.20. The lowest BCUT2D eigenvalue weighted by atomic mass is 10.0. The first-order valence-corrected chi connectivity index (χ1v) is 7.50. The maximum absolute atomic E-state index is 11.9. The summed E-state index contributed by atoms with van der Waals surface area (Å²) in [5, 5.41) is 17.2. The summed E-state index contributed by atoms with van der Waals surface area (Å²) in [5.41, 5.74) is 3.20. The SMILES string of the molecule is COc1cccc(Cl)c1C(C(=O)O)N(C)Cc1c(C)n[nH]c1C. The predicted octanol–water partition coefficient (Wildman–Crippen LogP) is 2.95. The summed E-state index contributed by atoms with van der Waals surface area (Å²) in [5.74, 6) is -0.532. The number of carbonyl (C=O) groups is 1. The van der Waals surface area contributed by atoms with E-state index < -0.39 is 12.0 Å². The summed E-state index contributed by atoms with van der Waals surface area (Å²) in [7, 11) is 3.24. The highest BCUT2D eigenvalue weighted by Crippen LogP contribution is 2.35. The Kier molecular flexibility index (Phi) is 5.28. The highest BCUT2D eigenvalue weighted by atomic mass is 35.5. The molecule has 2 rings (SSSR count). The molecule has 0 radical (unpaired) electrons. The van der Waals surface area contributed by atoms with Crippen LogP contribution >= 0.6 is 11.6 Å². The molecule has 0 spiro atoms. The van der Waals surface area contributed by atoms with Crippen molar-refractivity contribution >= 4 is 17.6 Å². The van der Waals surface area contributed by atoms with Gasteiger partial charge in [0, 0.05) is 28.4 Å². The van der Waals surface area contributed by atoms with Crippen molar-refractivity contribution in [3.8, 4) is 5.75 Å². The van der Waals surface area contributed by atoms with Gasteiger partial charge in [-0.1, -0.05) is 17.7 Å². The van der Waals surface area contributed by atoms with E-state index in [2.05, 4.69) is 10.2 Å². The predicted molar refractivity (Wildman–Crippen MR) is 87.9 cm³/mol. The molecule has 1 aromatic heterocycles. The van der Waals surface area contributed by atoms with E-state index in [0.717, 1.165) is 17.0 Å². The lowest BCUT2D eigenvalue weighted by Gasteiger charge is -2.27. The fourth-order valence-corrected chi connectivity index (χ4v) is 2.91. The Balaban J connectivity index is 2.41. The molecule has 0 aliphatic rings. The van der Waals surface area contributed by atoms with Gasteiger partial charge in [-0.25, -0.2) is 0 Å². The van der Waals surface area contributed by atoms with Crippen LogP contribution in [0.5, 0.6) is 5.75 Å². The van der Waals surface area contributed by atoms with Crippen molar-refractivity contribution in [3.05, 3.63) is 45.7 Å². The molecule has 124 valence electrons. The van der Waals surface area contributed by atoms with Gasteiger partial charge < -0.3 is 9.84 Å². The average Bonchev–Trinajstić information content (AvgIpc) is 2.80. The first-order chi connectivity index (χ1) is 10.9. The van der Waals surface area contributed by atoms with Crippen LogP contribution in [0, 0.1) is 13.8 Å². The third-order valence-electron chi connectivity index (χ3n) is 3.87. The quantitative estimate of drug-likeness (QED) is 0.847. The zero-order valence-corrected chi connectivity index (χ0v) is 14.3. The van der Waals surface area contributed by atoms with Crippen LogP contribution in [0.15, 0.2) is 18.2 Å². The van der Waals surface area contributed by atoms with E-state index in [0.29, 0.717) is 22.9 Å². The summed E-state index contributed by atoms with van der Waals surface area (Å²) in [4.78, 5) is 13.6. The third kappa shape index (κ3) is 3.48. The van der Waals surface area contributed by atoms with Crippen LogP contribution in [0.3, 0.4) is 0 Å². The van der Waals surface area contributed by atoms with Gasteiger partial charge in [0.25, 0.3) is 0 Å². The first-order valence-electron chi connectivity index (χ1n) is 7.12. The molecule has 0 aliphatic carbocycles. The Morgan fingerprint density at radius 2 is 2.17 bits per heavy atom. The Bertz CT molecular complexity index is 695. The van der Waals surface area contributed by atoms with Crippen LogP contribution in [0.25, 0.3) is 0 Å². The second-order valence-corrected chi connectivity index (χ2v) is 5.83. The highest BCUT2D eigenvalue weighted by molar-refractivity contribution is 6.31. The number of likely N-dealkylation sites (N-methyl/N-ethyl adjacent to an activating group) is 1. The molecule has 0 bridgehead atoms. The number of carboxylic acids is 1. The molecule has 2 aromatic rings. The minimum absolute atomic E-state index is 0.365. The number of nitrogens with zero attached hydrogens (tertiary/aromatic N) is 2. The molecule has 0 amide bonds. The number of rotatable bonds is 6. The van der Waals surface area contributed by atoms with Crippen molar-refractivity contribution in [1.29, 1.82) is 0 Å². The first kappa shape index (κ1) is 17.3. The average molecular weight is 338 g/mol. The van der Waals surface area contributed by atoms with Gasteiger partial charge in [-0.15, -0.1) is 0 Å². The van der Waals surface area contributed by atoms with Crippen molar-refractivity contribution < 1.29 is 14.6 Å². The molecule has 1 aromatic carbocycles. The van der Waals surface area contributed by atoms with E-state index in [-0.39, 0.29) is 0 Å². The smallest absolute Gasteiger partial charge is 0.325 e. The summed E-state index contributed by atoms with van der Waals surface area (Å²) >= 11 is 6.25. The number of aryl methyl sites for hydroxylation is 2. The number of halogens is 1. The Labute approximate surface area is 140 Å². The molecule has 0 saturated heterocycles. The molecular formula is C16H20ClN3O3. The van der Waals surface area contributed by atoms with E-state index in [1.165, 1.54) is 7.11 Å². The molecule has 1 atom stereocenters. The molecule has 0 saturated carbocycles. The summed E-state index contributed by atoms with van der Waals surface area (Å²) in [6, 6.07) is 4.18. The normalized spacial score (nSPS) is 12.4. The van der Waals surface area contributed by atoms with Gasteiger partial charge in [0.1, 0.15) is 11.8 Å². The van der Waals surface area contributed by atoms with Gasteiger partial charge in [-0.05, 0) is 33.0 Å². The van der Waals surface area contributed by atoms with Crippen molar-refractivity contribution in [1.82, 2.24) is 15.1 Å². The van der Waals surface area contributed by atoms with Gasteiger partial charge in [-0.3, -0.25) is 14.8 Å². The number of aliphatic carboxylic acids is 1. The van der Waals surface area contributed by atoms with Crippen molar-refractivity contribution in [2.24, 2.45) is 0 Å². The molecule has 23 heavy (non-hydrogen) atoms. The van der Waals surface area contributed by atoms with Crippen LogP contribution < -0.4 is 4.74 Å². The van der Waals surface area contributed by atoms with E-state index >= 15 is 0 Å². The number of aromatic nitrogens is 2. The van der Waals surface area contributed by atoms with E-state index in [4.69, 9.17) is 16.3 Å². The van der Waals surface area contributed by atoms with Crippen molar-refractivity contribution in [2.75, 3.05) is 14.2 Å². The maximum Gasteiger partial charge on any atom is 0.325 e. The molecule has 6 nitrogen and oxygen atoms in total. The molecule has 0 aliphatic heterocycles. The number of H-pyrrole nitrogens is 1. The lowest BCUT2D eigenvalue weighted by molar-refractivity contribution is -0.143. The Morgan fingerprint density at radius 1 is 1.48 bits per heavy atom. The van der Waals surface area contributed by atoms with Crippen LogP contribution in [0.2, 0.25) is 5.02 Å². The minimum Gasteiger partial charge on any atom is -0.496 e. The van der Waals surface area contributed by atoms with Crippen LogP contribution in [-0.2, 0) is 11.3 Å². The highest BCUT2D eigenvalue weighted by Gasteiger charge is 2.30. The summed E-state index contributed by atoms with van der Waals surface area (Å²) in [6.07, 6.45) is 0. The topological polar surface area (TPSA) is 78.5 Å². The second-order valence-electron chi connectivity index (χ2n) is 5.42. The largest absolute Gasteiger partial charge is 0.496 e. The fourth-order valence-electron chi connectivity index (χ4n) is 2.64. The number of nitrogens with one attached hydrogen (secondary N) is 1. The van der Waals surface area contributed by atoms with E-state index in [1.807, 2.05) is 13.8 Å². The Morgan fingerprint density at radius 3 is 2.70 bits per heavy atom. The number of hydrogen-bond donors (Lipinski definition) is 2. The molecule has 0 fully saturated rings. The number of ether oxygens (including phenoxy) is 1. The number of benzene rings is 1. The molecule has 1 unspecified atom stereocenters. The van der Waals surface area contributed by atoms with Crippen LogP contribution in [0.1, 0.15) is 28.6 Å². The molecule has 1 heterocycles. The fraction of sp³-hybridized carbons (Fsp3) is 0.375. The van der Waals surface area contributed by atoms with Gasteiger partial charge in [0.2, 0.25) is 0 Å². The lowest BCUT2D eigenvalue weighted by Crippen LogP contribution is -2.31. The zero-order chi connectivity index (χ0) is 17.1. The van der Waals surface area contributed by atoms with E-state index in [9.17, 15) is 9.90 Å². The zero-order valence-electron chi connectivity index (χ0n) is 13.6. The van der Waals surface area contributed by atoms with Gasteiger partial charge >= 0.3 is 5.97 Å². The minimum atomic E-state index is -0.988. The maximum atomic E-state index is 11.9. The monoisotopic (exact) mass is 337 g/mol. The van der Waals surface area contributed by atoms with E-state index in [1.54, 1.807) is 30.1 Å². The Hall–Kier alpha value is -2.05. The van der Waals surface area contributed by atoms with Gasteiger partial charge in [0.05, 0.1) is 12.8 Å². The van der Waals surface area contributed by atoms with Crippen LogP contribution in [-0.4, -0.2) is 40.3 Å². The number of carboxylic acid groups (broad SMARTS) is 1. The van der Waals surface area contributed by atoms with Gasteiger partial charge in [-0.2, -0.15) is 5.10 Å². The number of aromatic amines is 1. The van der Waals surface area contributed by atoms with Crippen molar-refractivity contribution in [3.63, 3.8) is 0 Å². The summed E-state index contributed by atoms with van der Waals surface area (Å²) in [6.45, 7) is 4.23. The number of hydrogen-bond acceptors (Lipinski definition) is 4. The second kappa shape index (κ2) is 7.02. The standard InChI is InChI=1S/C16H20ClN3O3/c1-9-11(10(2)19-18-9)8-20(3)15(16(21)22)14-12(17)6-5-7-13(14)23-4/h5-7,15H,8H2,1-4H3,(H,18,19)(H,21,22). The molecular weight excluding hydrogens is 318 g/mol. The van der Waals surface area contributed by atoms with Crippen molar-refractivity contribution in [2.45, 2.75) is 26.4 Å². The molecule has 2 N–H and O–H groups in total. The van der Waals surface area contributed by atoms with Gasteiger partial charge in [0.15, 0.2) is 0 Å². The molecule has 7 heteroatoms.